The third kappa shape index (κ3) is 7.91. The summed E-state index contributed by atoms with van der Waals surface area (Å²) in [5.74, 6) is 2.76. The molecule has 0 spiro atoms. The quantitative estimate of drug-likeness (QED) is 0.141. The molecular formula is C43H54BrClN6O2. The molecule has 4 aliphatic rings. The summed E-state index contributed by atoms with van der Waals surface area (Å²) < 4.78 is 2.45. The predicted octanol–water partition coefficient (Wildman–Crippen LogP) is 8.94. The summed E-state index contributed by atoms with van der Waals surface area (Å²) >= 11 is 9.73. The topological polar surface area (TPSA) is 100 Å². The van der Waals surface area contributed by atoms with Gasteiger partial charge in [-0.15, -0.1) is 0 Å². The zero-order valence-corrected chi connectivity index (χ0v) is 34.5. The second kappa shape index (κ2) is 15.8. The Hall–Kier alpha value is -3.37. The fourth-order valence-electron chi connectivity index (χ4n) is 8.38. The number of halogens is 2. The van der Waals surface area contributed by atoms with Crippen LogP contribution in [0.4, 0.5) is 5.69 Å². The van der Waals surface area contributed by atoms with Crippen molar-refractivity contribution in [1.82, 2.24) is 25.5 Å². The Morgan fingerprint density at radius 2 is 1.58 bits per heavy atom. The maximum Gasteiger partial charge on any atom is 0.282 e. The average molecular weight is 802 g/mol. The highest BCUT2D eigenvalue weighted by molar-refractivity contribution is 9.10. The number of alkyl halides is 1. The summed E-state index contributed by atoms with van der Waals surface area (Å²) in [5, 5.41) is 10.6. The number of benzene rings is 3. The molecule has 1 aromatic heterocycles. The molecule has 0 aliphatic carbocycles. The van der Waals surface area contributed by atoms with Gasteiger partial charge in [0, 0.05) is 4.32 Å². The molecule has 53 heavy (non-hydrogen) atoms. The van der Waals surface area contributed by atoms with Crippen LogP contribution < -0.4 is 21.5 Å². The van der Waals surface area contributed by atoms with Gasteiger partial charge in [0.05, 0.1) is 38.1 Å². The Bertz CT molecular complexity index is 2070. The second-order valence-electron chi connectivity index (χ2n) is 16.4. The Kier molecular flexibility index (Phi) is 11.7. The number of hydrogen-bond donors (Lipinski definition) is 3. The van der Waals surface area contributed by atoms with Crippen LogP contribution in [0.15, 0.2) is 64.4 Å². The number of amides is 1. The Morgan fingerprint density at radius 3 is 2.21 bits per heavy atom. The van der Waals surface area contributed by atoms with E-state index in [0.29, 0.717) is 26.6 Å². The van der Waals surface area contributed by atoms with Crippen LogP contribution in [0.5, 0.6) is 0 Å². The minimum absolute atomic E-state index is 0.181. The van der Waals surface area contributed by atoms with Gasteiger partial charge in [-0.25, -0.2) is 4.99 Å². The number of nitrogens with zero attached hydrogens (tertiary/aromatic N) is 3. The van der Waals surface area contributed by atoms with Crippen LogP contribution >= 0.6 is 27.5 Å². The highest BCUT2D eigenvalue weighted by atomic mass is 79.9. The lowest BCUT2D eigenvalue weighted by molar-refractivity contribution is -0.108. The highest BCUT2D eigenvalue weighted by Crippen LogP contribution is 2.48. The molecule has 8 rings (SSSR count). The molecule has 4 aromatic rings. The van der Waals surface area contributed by atoms with E-state index in [0.717, 1.165) is 80.4 Å². The van der Waals surface area contributed by atoms with E-state index >= 15 is 0 Å². The number of fused-ring (bicyclic) bond motifs is 6. The van der Waals surface area contributed by atoms with Crippen molar-refractivity contribution in [3.05, 3.63) is 98.1 Å². The highest BCUT2D eigenvalue weighted by Gasteiger charge is 2.42. The molecule has 3 N–H and O–H groups in total. The fourth-order valence-corrected chi connectivity index (χ4v) is 8.63. The molecule has 0 saturated carbocycles. The lowest BCUT2D eigenvalue weighted by atomic mass is 9.77. The summed E-state index contributed by atoms with van der Waals surface area (Å²) in [6, 6.07) is 18.8. The van der Waals surface area contributed by atoms with Gasteiger partial charge in [-0.05, 0) is 137 Å². The second-order valence-corrected chi connectivity index (χ2v) is 19.2. The molecule has 0 radical (unpaired) electrons. The first kappa shape index (κ1) is 39.3. The molecule has 8 nitrogen and oxygen atoms in total. The van der Waals surface area contributed by atoms with Crippen LogP contribution in [0.2, 0.25) is 5.02 Å². The summed E-state index contributed by atoms with van der Waals surface area (Å²) in [7, 11) is 0. The van der Waals surface area contributed by atoms with Gasteiger partial charge in [0.1, 0.15) is 11.7 Å². The Morgan fingerprint density at radius 1 is 0.962 bits per heavy atom. The summed E-state index contributed by atoms with van der Waals surface area (Å²) in [6.45, 7) is 19.3. The number of aliphatic imine (C=N–C) groups is 1. The maximum absolute atomic E-state index is 12.8. The molecule has 3 aromatic carbocycles. The minimum Gasteiger partial charge on any atom is -0.317 e. The number of amidine groups is 1. The average Bonchev–Trinajstić information content (AvgIpc) is 3.55. The number of piperidine rings is 2. The number of hydrogen-bond acceptors (Lipinski definition) is 6. The van der Waals surface area contributed by atoms with Gasteiger partial charge < -0.3 is 16.0 Å². The van der Waals surface area contributed by atoms with Crippen molar-refractivity contribution in [1.29, 1.82) is 0 Å². The molecular weight excluding hydrogens is 748 g/mol. The van der Waals surface area contributed by atoms with Gasteiger partial charge >= 0.3 is 0 Å². The van der Waals surface area contributed by atoms with Crippen molar-refractivity contribution < 1.29 is 4.79 Å². The SMILES string of the molecule is CC(C)(C)Br.CC1(C)c2c(C3CCNCC3)cccc2-n2c1nc(=O)c1c(Cl)cccc12.CCC1(C)C(NC=O)=Nc2ccc(C3CCNCC3)cc21. The molecule has 5 heterocycles. The van der Waals surface area contributed by atoms with Crippen molar-refractivity contribution in [2.75, 3.05) is 26.2 Å². The number of carbonyl (C=O) groups is 1. The summed E-state index contributed by atoms with van der Waals surface area (Å²) in [4.78, 5) is 32.7. The van der Waals surface area contributed by atoms with Crippen LogP contribution in [0, 0.1) is 0 Å². The van der Waals surface area contributed by atoms with Gasteiger partial charge in [0.2, 0.25) is 6.41 Å². The molecule has 1 unspecified atom stereocenters. The lowest BCUT2D eigenvalue weighted by Gasteiger charge is -2.28. The van der Waals surface area contributed by atoms with Gasteiger partial charge in [-0.1, -0.05) is 85.6 Å². The van der Waals surface area contributed by atoms with Crippen molar-refractivity contribution >= 4 is 56.4 Å². The van der Waals surface area contributed by atoms with E-state index in [-0.39, 0.29) is 16.4 Å². The number of nitrogens with one attached hydrogen (secondary N) is 3. The lowest BCUT2D eigenvalue weighted by Crippen LogP contribution is -2.38. The maximum atomic E-state index is 12.8. The zero-order chi connectivity index (χ0) is 38.1. The molecule has 2 saturated heterocycles. The first-order valence-corrected chi connectivity index (χ1v) is 20.3. The fraction of sp³-hybridized carbons (Fsp3) is 0.488. The van der Waals surface area contributed by atoms with Crippen molar-refractivity contribution in [2.45, 2.75) is 108 Å². The summed E-state index contributed by atoms with van der Waals surface area (Å²) in [6.07, 6.45) is 6.33. The van der Waals surface area contributed by atoms with Gasteiger partial charge in [0.25, 0.3) is 5.56 Å². The number of aromatic nitrogens is 2. The Labute approximate surface area is 327 Å². The molecule has 0 bridgehead atoms. The first-order valence-electron chi connectivity index (χ1n) is 19.1. The van der Waals surface area contributed by atoms with Gasteiger partial charge in [0.15, 0.2) is 0 Å². The van der Waals surface area contributed by atoms with Crippen molar-refractivity contribution in [3.63, 3.8) is 0 Å². The molecule has 1 amide bonds. The van der Waals surface area contributed by atoms with Crippen molar-refractivity contribution in [2.24, 2.45) is 4.99 Å². The van der Waals surface area contributed by atoms with E-state index in [1.54, 1.807) is 6.07 Å². The van der Waals surface area contributed by atoms with E-state index in [1.165, 1.54) is 35.1 Å². The molecule has 282 valence electrons. The Balaban J connectivity index is 0.000000165. The molecule has 4 aliphatic heterocycles. The predicted molar refractivity (Wildman–Crippen MR) is 223 cm³/mol. The van der Waals surface area contributed by atoms with Crippen LogP contribution in [-0.2, 0) is 15.6 Å². The third-order valence-electron chi connectivity index (χ3n) is 11.2. The zero-order valence-electron chi connectivity index (χ0n) is 32.2. The summed E-state index contributed by atoms with van der Waals surface area (Å²) in [5.41, 5.74) is 7.59. The van der Waals surface area contributed by atoms with Crippen LogP contribution in [-0.4, -0.2) is 52.3 Å². The smallest absolute Gasteiger partial charge is 0.282 e. The van der Waals surface area contributed by atoms with Crippen LogP contribution in [0.3, 0.4) is 0 Å². The van der Waals surface area contributed by atoms with E-state index in [2.05, 4.69) is 131 Å². The normalized spacial score (nSPS) is 20.6. The minimum atomic E-state index is -0.327. The van der Waals surface area contributed by atoms with E-state index in [1.807, 2.05) is 12.1 Å². The van der Waals surface area contributed by atoms with E-state index in [9.17, 15) is 9.59 Å². The van der Waals surface area contributed by atoms with Gasteiger partial charge in [-0.3, -0.25) is 14.2 Å². The van der Waals surface area contributed by atoms with Crippen molar-refractivity contribution in [3.8, 4) is 5.69 Å². The molecule has 2 fully saturated rings. The van der Waals surface area contributed by atoms with Gasteiger partial charge in [-0.2, -0.15) is 4.98 Å². The van der Waals surface area contributed by atoms with Crippen LogP contribution in [0.1, 0.15) is 120 Å². The number of carbonyl (C=O) groups excluding carboxylic acids is 1. The van der Waals surface area contributed by atoms with E-state index in [4.69, 9.17) is 11.6 Å². The van der Waals surface area contributed by atoms with E-state index < -0.39 is 0 Å². The molecule has 1 atom stereocenters. The van der Waals surface area contributed by atoms with Crippen LogP contribution in [0.25, 0.3) is 16.6 Å². The largest absolute Gasteiger partial charge is 0.317 e. The third-order valence-corrected chi connectivity index (χ3v) is 11.5. The molecule has 10 heteroatoms. The monoisotopic (exact) mass is 800 g/mol. The number of rotatable bonds is 4. The standard InChI is InChI=1S/C22H22ClN3O.C17H23N3O.C4H9Br/c1-22(2)19-14(13-9-11-24-12-10-13)5-3-8-17(19)26-16-7-4-6-15(23)18(16)20(27)25-21(22)26;1-3-17(2)14-10-13(12-6-8-18-9-7-12)4-5-15(14)20-16(17)19-11-21;1-4(2,3)5/h3-8,13,24H,9-12H2,1-2H3;4-5,10-12,18H,3,6-9H2,1-2H3,(H,19,20,21);1-3H3. The first-order chi connectivity index (χ1) is 25.2.